The van der Waals surface area contributed by atoms with E-state index in [1.807, 2.05) is 0 Å². The molecule has 258 valence electrons. The van der Waals surface area contributed by atoms with Crippen LogP contribution in [0.1, 0.15) is 233 Å². The van der Waals surface area contributed by atoms with Crippen molar-refractivity contribution in [2.45, 2.75) is 239 Å². The van der Waals surface area contributed by atoms with E-state index in [-0.39, 0.29) is 12.1 Å². The van der Waals surface area contributed by atoms with Crippen LogP contribution in [0.5, 0.6) is 0 Å². The molecule has 0 aromatic heterocycles. The second-order valence-corrected chi connectivity index (χ2v) is 13.6. The van der Waals surface area contributed by atoms with Crippen molar-refractivity contribution in [1.29, 1.82) is 0 Å². The molecule has 0 N–H and O–H groups in total. The van der Waals surface area contributed by atoms with Gasteiger partial charge in [0.1, 0.15) is 0 Å². The van der Waals surface area contributed by atoms with E-state index in [2.05, 4.69) is 20.8 Å². The minimum Gasteiger partial charge on any atom is -0.466 e. The molecule has 1 unspecified atom stereocenters. The number of hydrogen-bond acceptors (Lipinski definition) is 3. The summed E-state index contributed by atoms with van der Waals surface area (Å²) in [6.45, 7) is 8.14. The van der Waals surface area contributed by atoms with Gasteiger partial charge in [0.25, 0.3) is 0 Å². The second kappa shape index (κ2) is 37.6. The minimum absolute atomic E-state index is 0.0422. The number of hydrogen-bond donors (Lipinski definition) is 0. The third-order valence-corrected chi connectivity index (χ3v) is 9.16. The van der Waals surface area contributed by atoms with E-state index in [1.165, 1.54) is 173 Å². The standard InChI is InChI=1S/C40H80O3/c1-4-7-10-12-14-16-18-20-21-22-23-24-26-28-30-32-34-39(35-36-40(41)43-37-9-6-3)42-38-33-31-29-27-25-19-17-15-13-11-8-5-2/h39H,4-38H2,1-3H3. The second-order valence-electron chi connectivity index (χ2n) is 13.6. The Labute approximate surface area is 271 Å². The molecule has 0 heterocycles. The van der Waals surface area contributed by atoms with Gasteiger partial charge in [-0.25, -0.2) is 0 Å². The number of carbonyl (C=O) groups excluding carboxylic acids is 1. The van der Waals surface area contributed by atoms with E-state index < -0.39 is 0 Å². The highest BCUT2D eigenvalue weighted by molar-refractivity contribution is 5.69. The fourth-order valence-corrected chi connectivity index (χ4v) is 6.11. The SMILES string of the molecule is CCCCCCCCCCCCCCCCCCC(CCC(=O)OCCCC)OCCCCCCCCCCCCCC. The lowest BCUT2D eigenvalue weighted by Crippen LogP contribution is -2.17. The maximum Gasteiger partial charge on any atom is 0.305 e. The first-order chi connectivity index (χ1) is 21.2. The average Bonchev–Trinajstić information content (AvgIpc) is 3.01. The van der Waals surface area contributed by atoms with Crippen LogP contribution in [0.3, 0.4) is 0 Å². The molecular weight excluding hydrogens is 528 g/mol. The molecule has 43 heavy (non-hydrogen) atoms. The molecule has 0 bridgehead atoms. The van der Waals surface area contributed by atoms with Gasteiger partial charge in [-0.3, -0.25) is 4.79 Å². The highest BCUT2D eigenvalue weighted by atomic mass is 16.5. The van der Waals surface area contributed by atoms with Crippen molar-refractivity contribution in [3.8, 4) is 0 Å². The minimum atomic E-state index is -0.0422. The Bertz CT molecular complexity index is 520. The molecule has 0 rings (SSSR count). The monoisotopic (exact) mass is 609 g/mol. The smallest absolute Gasteiger partial charge is 0.305 e. The summed E-state index contributed by atoms with van der Waals surface area (Å²) in [6.07, 6.45) is 43.5. The maximum absolute atomic E-state index is 12.2. The van der Waals surface area contributed by atoms with E-state index in [1.54, 1.807) is 0 Å². The molecule has 0 amide bonds. The first-order valence-corrected chi connectivity index (χ1v) is 20.0. The molecule has 0 spiro atoms. The number of carbonyl (C=O) groups is 1. The molecule has 0 saturated carbocycles. The van der Waals surface area contributed by atoms with Gasteiger partial charge in [0, 0.05) is 13.0 Å². The number of unbranched alkanes of at least 4 members (excludes halogenated alkanes) is 27. The van der Waals surface area contributed by atoms with Crippen LogP contribution < -0.4 is 0 Å². The molecule has 3 nitrogen and oxygen atoms in total. The van der Waals surface area contributed by atoms with Crippen LogP contribution in [0.25, 0.3) is 0 Å². The van der Waals surface area contributed by atoms with Gasteiger partial charge in [-0.15, -0.1) is 0 Å². The van der Waals surface area contributed by atoms with Crippen LogP contribution in [0.4, 0.5) is 0 Å². The number of rotatable bonds is 37. The zero-order valence-corrected chi connectivity index (χ0v) is 30.1. The Balaban J connectivity index is 3.85. The van der Waals surface area contributed by atoms with Crippen molar-refractivity contribution in [2.75, 3.05) is 13.2 Å². The van der Waals surface area contributed by atoms with Crippen molar-refractivity contribution in [1.82, 2.24) is 0 Å². The topological polar surface area (TPSA) is 35.5 Å². The summed E-state index contributed by atoms with van der Waals surface area (Å²) in [7, 11) is 0. The lowest BCUT2D eigenvalue weighted by molar-refractivity contribution is -0.144. The van der Waals surface area contributed by atoms with Crippen LogP contribution in [0.2, 0.25) is 0 Å². The summed E-state index contributed by atoms with van der Waals surface area (Å²) < 4.78 is 11.7. The molecule has 0 aromatic rings. The normalized spacial score (nSPS) is 12.2. The molecule has 0 fully saturated rings. The summed E-state index contributed by atoms with van der Waals surface area (Å²) >= 11 is 0. The molecule has 0 aliphatic rings. The highest BCUT2D eigenvalue weighted by Gasteiger charge is 2.13. The number of ether oxygens (including phenoxy) is 2. The predicted molar refractivity (Wildman–Crippen MR) is 190 cm³/mol. The van der Waals surface area contributed by atoms with Gasteiger partial charge in [-0.2, -0.15) is 0 Å². The van der Waals surface area contributed by atoms with Gasteiger partial charge >= 0.3 is 5.97 Å². The summed E-state index contributed by atoms with van der Waals surface area (Å²) in [5.41, 5.74) is 0. The third-order valence-electron chi connectivity index (χ3n) is 9.16. The quantitative estimate of drug-likeness (QED) is 0.0520. The van der Waals surface area contributed by atoms with Crippen molar-refractivity contribution >= 4 is 5.97 Å². The Kier molecular flexibility index (Phi) is 37.1. The Morgan fingerprint density at radius 2 is 0.744 bits per heavy atom. The van der Waals surface area contributed by atoms with Crippen LogP contribution in [0, 0.1) is 0 Å². The van der Waals surface area contributed by atoms with Gasteiger partial charge in [-0.1, -0.05) is 201 Å². The summed E-state index contributed by atoms with van der Waals surface area (Å²) in [4.78, 5) is 12.2. The molecule has 1 atom stereocenters. The van der Waals surface area contributed by atoms with Gasteiger partial charge in [0.05, 0.1) is 12.7 Å². The van der Waals surface area contributed by atoms with Crippen molar-refractivity contribution in [2.24, 2.45) is 0 Å². The zero-order chi connectivity index (χ0) is 31.3. The van der Waals surface area contributed by atoms with Crippen LogP contribution in [0.15, 0.2) is 0 Å². The highest BCUT2D eigenvalue weighted by Crippen LogP contribution is 2.18. The zero-order valence-electron chi connectivity index (χ0n) is 30.1. The van der Waals surface area contributed by atoms with Crippen molar-refractivity contribution in [3.05, 3.63) is 0 Å². The van der Waals surface area contributed by atoms with Crippen molar-refractivity contribution < 1.29 is 14.3 Å². The first kappa shape index (κ1) is 42.4. The Morgan fingerprint density at radius 1 is 0.395 bits per heavy atom. The van der Waals surface area contributed by atoms with Crippen molar-refractivity contribution in [3.63, 3.8) is 0 Å². The number of esters is 1. The average molecular weight is 609 g/mol. The molecular formula is C40H80O3. The van der Waals surface area contributed by atoms with E-state index in [4.69, 9.17) is 9.47 Å². The Morgan fingerprint density at radius 3 is 1.14 bits per heavy atom. The molecule has 0 aliphatic heterocycles. The summed E-state index contributed by atoms with van der Waals surface area (Å²) in [5.74, 6) is -0.0422. The first-order valence-electron chi connectivity index (χ1n) is 20.0. The Hall–Kier alpha value is -0.570. The van der Waals surface area contributed by atoms with Gasteiger partial charge in [0.15, 0.2) is 0 Å². The molecule has 0 aromatic carbocycles. The van der Waals surface area contributed by atoms with Gasteiger partial charge < -0.3 is 9.47 Å². The van der Waals surface area contributed by atoms with E-state index in [9.17, 15) is 4.79 Å². The fourth-order valence-electron chi connectivity index (χ4n) is 6.11. The van der Waals surface area contributed by atoms with Crippen LogP contribution in [-0.4, -0.2) is 25.3 Å². The van der Waals surface area contributed by atoms with E-state index >= 15 is 0 Å². The van der Waals surface area contributed by atoms with Gasteiger partial charge in [-0.05, 0) is 25.7 Å². The maximum atomic E-state index is 12.2. The third kappa shape index (κ3) is 35.8. The largest absolute Gasteiger partial charge is 0.466 e. The lowest BCUT2D eigenvalue weighted by Gasteiger charge is -2.18. The van der Waals surface area contributed by atoms with E-state index in [0.717, 1.165) is 38.7 Å². The molecule has 0 saturated heterocycles. The fraction of sp³-hybridized carbons (Fsp3) is 0.975. The van der Waals surface area contributed by atoms with Crippen LogP contribution >= 0.6 is 0 Å². The van der Waals surface area contributed by atoms with Gasteiger partial charge in [0.2, 0.25) is 0 Å². The summed E-state index contributed by atoms with van der Waals surface area (Å²) in [5, 5.41) is 0. The summed E-state index contributed by atoms with van der Waals surface area (Å²) in [6, 6.07) is 0. The lowest BCUT2D eigenvalue weighted by atomic mass is 10.0. The molecule has 0 radical (unpaired) electrons. The van der Waals surface area contributed by atoms with Crippen LogP contribution in [-0.2, 0) is 14.3 Å². The molecule has 3 heteroatoms. The van der Waals surface area contributed by atoms with E-state index in [0.29, 0.717) is 13.0 Å². The molecule has 0 aliphatic carbocycles. The predicted octanol–water partition coefficient (Wildman–Crippen LogP) is 13.8.